The van der Waals surface area contributed by atoms with Crippen molar-refractivity contribution in [1.82, 2.24) is 24.6 Å². The van der Waals surface area contributed by atoms with Crippen LogP contribution in [0.2, 0.25) is 0 Å². The van der Waals surface area contributed by atoms with Crippen molar-refractivity contribution in [2.45, 2.75) is 38.4 Å². The molecule has 0 saturated heterocycles. The van der Waals surface area contributed by atoms with Crippen molar-refractivity contribution in [3.05, 3.63) is 77.3 Å². The lowest BCUT2D eigenvalue weighted by molar-refractivity contribution is -0.137. The number of hydrogen-bond acceptors (Lipinski definition) is 4. The van der Waals surface area contributed by atoms with Gasteiger partial charge >= 0.3 is 6.18 Å². The van der Waals surface area contributed by atoms with E-state index in [1.165, 1.54) is 11.6 Å². The minimum Gasteiger partial charge on any atom is -0.348 e. The SMILES string of the molecule is CC(C)c1cccn2nc([C@H]3c4nc[nH]c4CCN3c3ccc(C(F)(F)F)cn3)cc12. The highest BCUT2D eigenvalue weighted by Gasteiger charge is 2.35. The van der Waals surface area contributed by atoms with Gasteiger partial charge in [-0.05, 0) is 35.7 Å². The average molecular weight is 426 g/mol. The fourth-order valence-corrected chi connectivity index (χ4v) is 4.22. The molecule has 1 N–H and O–H groups in total. The Balaban J connectivity index is 1.62. The van der Waals surface area contributed by atoms with Gasteiger partial charge in [0.05, 0.1) is 28.8 Å². The summed E-state index contributed by atoms with van der Waals surface area (Å²) in [4.78, 5) is 13.8. The maximum absolute atomic E-state index is 13.0. The fraction of sp³-hybridized carbons (Fsp3) is 0.318. The molecule has 4 aromatic rings. The van der Waals surface area contributed by atoms with E-state index in [9.17, 15) is 13.2 Å². The third-order valence-corrected chi connectivity index (χ3v) is 5.75. The van der Waals surface area contributed by atoms with Crippen LogP contribution in [0.3, 0.4) is 0 Å². The highest BCUT2D eigenvalue weighted by atomic mass is 19.4. The van der Waals surface area contributed by atoms with E-state index >= 15 is 0 Å². The van der Waals surface area contributed by atoms with Gasteiger partial charge in [0.1, 0.15) is 11.9 Å². The Bertz CT molecular complexity index is 1220. The van der Waals surface area contributed by atoms with E-state index in [4.69, 9.17) is 5.10 Å². The molecule has 0 saturated carbocycles. The van der Waals surface area contributed by atoms with E-state index in [0.717, 1.165) is 34.9 Å². The molecule has 4 aromatic heterocycles. The Labute approximate surface area is 176 Å². The van der Waals surface area contributed by atoms with Crippen LogP contribution < -0.4 is 4.90 Å². The number of nitrogens with zero attached hydrogens (tertiary/aromatic N) is 5. The lowest BCUT2D eigenvalue weighted by Gasteiger charge is -2.35. The number of H-pyrrole nitrogens is 1. The van der Waals surface area contributed by atoms with E-state index in [1.54, 1.807) is 6.33 Å². The summed E-state index contributed by atoms with van der Waals surface area (Å²) in [6, 6.07) is 8.24. The molecule has 0 unspecified atom stereocenters. The fourth-order valence-electron chi connectivity index (χ4n) is 4.22. The summed E-state index contributed by atoms with van der Waals surface area (Å²) in [5.74, 6) is 0.793. The van der Waals surface area contributed by atoms with Crippen molar-refractivity contribution in [2.24, 2.45) is 0 Å². The molecular weight excluding hydrogens is 405 g/mol. The van der Waals surface area contributed by atoms with Crippen molar-refractivity contribution in [3.8, 4) is 0 Å². The van der Waals surface area contributed by atoms with E-state index in [-0.39, 0.29) is 6.04 Å². The molecule has 0 spiro atoms. The maximum atomic E-state index is 13.0. The molecule has 0 bridgehead atoms. The molecule has 1 aliphatic rings. The second kappa shape index (κ2) is 7.11. The molecule has 1 aliphatic heterocycles. The lowest BCUT2D eigenvalue weighted by Crippen LogP contribution is -2.37. The first-order valence-corrected chi connectivity index (χ1v) is 10.1. The van der Waals surface area contributed by atoms with Crippen LogP contribution >= 0.6 is 0 Å². The first kappa shape index (κ1) is 19.6. The van der Waals surface area contributed by atoms with Crippen molar-refractivity contribution < 1.29 is 13.2 Å². The quantitative estimate of drug-likeness (QED) is 0.514. The number of halogens is 3. The van der Waals surface area contributed by atoms with Crippen LogP contribution in [0.5, 0.6) is 0 Å². The number of aromatic amines is 1. The number of rotatable bonds is 3. The van der Waals surface area contributed by atoms with Crippen LogP contribution in [-0.2, 0) is 12.6 Å². The van der Waals surface area contributed by atoms with Gasteiger partial charge in [0, 0.05) is 31.1 Å². The minimum absolute atomic E-state index is 0.327. The van der Waals surface area contributed by atoms with E-state index in [0.29, 0.717) is 24.7 Å². The number of anilines is 1. The standard InChI is InChI=1S/C22H21F3N6/c1-13(2)15-4-3-8-31-18(15)10-17(29-31)21-20-16(27-12-28-20)7-9-30(21)19-6-5-14(11-26-19)22(23,24)25/h3-6,8,10-13,21H,7,9H2,1-2H3,(H,27,28)/t21-/m0/s1. The molecule has 5 heterocycles. The van der Waals surface area contributed by atoms with Gasteiger partial charge in [0.15, 0.2) is 0 Å². The van der Waals surface area contributed by atoms with Crippen molar-refractivity contribution in [3.63, 3.8) is 0 Å². The van der Waals surface area contributed by atoms with Crippen LogP contribution in [0.15, 0.2) is 49.1 Å². The molecule has 0 aliphatic carbocycles. The third kappa shape index (κ3) is 3.34. The Kier molecular flexibility index (Phi) is 4.49. The summed E-state index contributed by atoms with van der Waals surface area (Å²) in [7, 11) is 0. The Morgan fingerprint density at radius 1 is 1.16 bits per heavy atom. The normalized spacial score (nSPS) is 16.8. The molecule has 0 amide bonds. The smallest absolute Gasteiger partial charge is 0.348 e. The number of nitrogens with one attached hydrogen (secondary N) is 1. The maximum Gasteiger partial charge on any atom is 0.417 e. The predicted molar refractivity (Wildman–Crippen MR) is 110 cm³/mol. The second-order valence-corrected chi connectivity index (χ2v) is 8.03. The van der Waals surface area contributed by atoms with Gasteiger partial charge in [0.25, 0.3) is 0 Å². The van der Waals surface area contributed by atoms with Gasteiger partial charge in [0.2, 0.25) is 0 Å². The number of imidazole rings is 1. The number of pyridine rings is 2. The van der Waals surface area contributed by atoms with Crippen molar-refractivity contribution in [2.75, 3.05) is 11.4 Å². The summed E-state index contributed by atoms with van der Waals surface area (Å²) < 4.78 is 40.8. The topological polar surface area (TPSA) is 62.1 Å². The number of hydrogen-bond donors (Lipinski definition) is 1. The second-order valence-electron chi connectivity index (χ2n) is 8.03. The zero-order valence-electron chi connectivity index (χ0n) is 17.1. The van der Waals surface area contributed by atoms with Gasteiger partial charge in [-0.1, -0.05) is 19.9 Å². The average Bonchev–Trinajstić information content (AvgIpc) is 3.38. The summed E-state index contributed by atoms with van der Waals surface area (Å²) in [6.45, 7) is 4.85. The molecule has 0 radical (unpaired) electrons. The van der Waals surface area contributed by atoms with Crippen LogP contribution in [0.4, 0.5) is 19.0 Å². The summed E-state index contributed by atoms with van der Waals surface area (Å²) in [5.41, 5.74) is 4.04. The van der Waals surface area contributed by atoms with E-state index in [2.05, 4.69) is 34.9 Å². The Morgan fingerprint density at radius 2 is 2.00 bits per heavy atom. The highest BCUT2D eigenvalue weighted by Crippen LogP contribution is 2.37. The summed E-state index contributed by atoms with van der Waals surface area (Å²) in [6.07, 6.45) is 0.708. The molecule has 31 heavy (non-hydrogen) atoms. The van der Waals surface area contributed by atoms with Gasteiger partial charge in [-0.2, -0.15) is 18.3 Å². The van der Waals surface area contributed by atoms with Gasteiger partial charge in [-0.25, -0.2) is 14.5 Å². The minimum atomic E-state index is -4.42. The zero-order valence-corrected chi connectivity index (χ0v) is 17.1. The van der Waals surface area contributed by atoms with Crippen molar-refractivity contribution in [1.29, 1.82) is 0 Å². The third-order valence-electron chi connectivity index (χ3n) is 5.75. The molecule has 6 nitrogen and oxygen atoms in total. The van der Waals surface area contributed by atoms with Crippen molar-refractivity contribution >= 4 is 11.3 Å². The Hall–Kier alpha value is -3.36. The molecule has 5 rings (SSSR count). The van der Waals surface area contributed by atoms with Crippen LogP contribution in [-0.4, -0.2) is 31.1 Å². The summed E-state index contributed by atoms with van der Waals surface area (Å²) >= 11 is 0. The Morgan fingerprint density at radius 3 is 2.71 bits per heavy atom. The number of fused-ring (bicyclic) bond motifs is 2. The molecule has 160 valence electrons. The summed E-state index contributed by atoms with van der Waals surface area (Å²) in [5, 5.41) is 4.80. The van der Waals surface area contributed by atoms with Crippen LogP contribution in [0.1, 0.15) is 54.0 Å². The largest absolute Gasteiger partial charge is 0.417 e. The predicted octanol–water partition coefficient (Wildman–Crippen LogP) is 4.75. The molecular formula is C22H21F3N6. The lowest BCUT2D eigenvalue weighted by atomic mass is 9.98. The van der Waals surface area contributed by atoms with E-state index < -0.39 is 11.7 Å². The van der Waals surface area contributed by atoms with Gasteiger partial charge in [-0.3, -0.25) is 0 Å². The van der Waals surface area contributed by atoms with Crippen LogP contribution in [0.25, 0.3) is 5.52 Å². The molecule has 0 fully saturated rings. The number of aromatic nitrogens is 5. The highest BCUT2D eigenvalue weighted by molar-refractivity contribution is 5.59. The van der Waals surface area contributed by atoms with Gasteiger partial charge < -0.3 is 9.88 Å². The number of alkyl halides is 3. The molecule has 0 aromatic carbocycles. The monoisotopic (exact) mass is 426 g/mol. The molecule has 9 heteroatoms. The zero-order chi connectivity index (χ0) is 21.8. The van der Waals surface area contributed by atoms with Gasteiger partial charge in [-0.15, -0.1) is 0 Å². The first-order valence-electron chi connectivity index (χ1n) is 10.1. The first-order chi connectivity index (χ1) is 14.8. The van der Waals surface area contributed by atoms with E-state index in [1.807, 2.05) is 27.7 Å². The van der Waals surface area contributed by atoms with Crippen LogP contribution in [0, 0.1) is 0 Å². The molecule has 1 atom stereocenters.